The molecule has 0 saturated heterocycles. The number of carbonyl (C=O) groups is 3. The second-order valence-corrected chi connectivity index (χ2v) is 2.58. The second kappa shape index (κ2) is 6.82. The molecule has 0 aliphatic heterocycles. The summed E-state index contributed by atoms with van der Waals surface area (Å²) in [7, 11) is 0. The number of hydrogen-bond acceptors (Lipinski definition) is 4. The Bertz CT molecular complexity index is 244. The summed E-state index contributed by atoms with van der Waals surface area (Å²) in [6, 6.07) is 0. The maximum Gasteiger partial charge on any atom is 0.330 e. The van der Waals surface area contributed by atoms with Gasteiger partial charge in [0.2, 0.25) is 0 Å². The topological polar surface area (TPSA) is 80.7 Å². The SMILES string of the molecule is C=CC(=O)OCCCC(=O)CC(=O)O. The van der Waals surface area contributed by atoms with Crippen molar-refractivity contribution < 1.29 is 24.2 Å². The van der Waals surface area contributed by atoms with Crippen molar-refractivity contribution in [3.8, 4) is 0 Å². The lowest BCUT2D eigenvalue weighted by molar-refractivity contribution is -0.141. The van der Waals surface area contributed by atoms with Gasteiger partial charge in [-0.05, 0) is 6.42 Å². The molecule has 1 N–H and O–H groups in total. The van der Waals surface area contributed by atoms with Gasteiger partial charge >= 0.3 is 11.9 Å². The van der Waals surface area contributed by atoms with E-state index in [9.17, 15) is 14.4 Å². The Hall–Kier alpha value is -1.65. The molecule has 0 unspecified atom stereocenters. The highest BCUT2D eigenvalue weighted by atomic mass is 16.5. The van der Waals surface area contributed by atoms with Crippen LogP contribution >= 0.6 is 0 Å². The predicted octanol–water partition coefficient (Wildman–Crippen LogP) is 0.540. The zero-order chi connectivity index (χ0) is 11.0. The molecule has 78 valence electrons. The number of carboxylic acid groups (broad SMARTS) is 1. The molecule has 0 bridgehead atoms. The Labute approximate surface area is 81.4 Å². The van der Waals surface area contributed by atoms with Gasteiger partial charge in [-0.25, -0.2) is 4.79 Å². The first-order valence-corrected chi connectivity index (χ1v) is 4.09. The molecule has 0 aromatic carbocycles. The molecule has 5 nitrogen and oxygen atoms in total. The van der Waals surface area contributed by atoms with Gasteiger partial charge in [0.1, 0.15) is 12.2 Å². The van der Waals surface area contributed by atoms with Crippen LogP contribution in [-0.2, 0) is 19.1 Å². The lowest BCUT2D eigenvalue weighted by Gasteiger charge is -2.00. The van der Waals surface area contributed by atoms with Gasteiger partial charge in [-0.1, -0.05) is 6.58 Å². The van der Waals surface area contributed by atoms with Crippen LogP contribution in [0, 0.1) is 0 Å². The Balaban J connectivity index is 3.45. The van der Waals surface area contributed by atoms with Crippen LogP contribution in [0.25, 0.3) is 0 Å². The van der Waals surface area contributed by atoms with E-state index in [1.54, 1.807) is 0 Å². The number of carbonyl (C=O) groups excluding carboxylic acids is 2. The summed E-state index contributed by atoms with van der Waals surface area (Å²) in [5.41, 5.74) is 0. The molecule has 0 atom stereocenters. The molecule has 5 heteroatoms. The monoisotopic (exact) mass is 200 g/mol. The number of ketones is 1. The van der Waals surface area contributed by atoms with Crippen molar-refractivity contribution in [3.63, 3.8) is 0 Å². The van der Waals surface area contributed by atoms with Crippen molar-refractivity contribution in [2.45, 2.75) is 19.3 Å². The molecule has 0 amide bonds. The fourth-order valence-corrected chi connectivity index (χ4v) is 0.758. The predicted molar refractivity (Wildman–Crippen MR) is 47.6 cm³/mol. The number of Topliss-reactive ketones (excluding diaryl/α,β-unsaturated/α-hetero) is 1. The molecule has 0 aliphatic carbocycles. The average molecular weight is 200 g/mol. The van der Waals surface area contributed by atoms with Crippen molar-refractivity contribution in [2.24, 2.45) is 0 Å². The van der Waals surface area contributed by atoms with Crippen LogP contribution in [0.4, 0.5) is 0 Å². The largest absolute Gasteiger partial charge is 0.481 e. The number of esters is 1. The van der Waals surface area contributed by atoms with E-state index in [4.69, 9.17) is 5.11 Å². The summed E-state index contributed by atoms with van der Waals surface area (Å²) < 4.78 is 4.59. The summed E-state index contributed by atoms with van der Waals surface area (Å²) in [4.78, 5) is 31.4. The lowest BCUT2D eigenvalue weighted by Crippen LogP contribution is -2.08. The van der Waals surface area contributed by atoms with E-state index in [0.717, 1.165) is 6.08 Å². The van der Waals surface area contributed by atoms with Gasteiger partial charge < -0.3 is 9.84 Å². The molecule has 0 rings (SSSR count). The van der Waals surface area contributed by atoms with Crippen LogP contribution in [0.15, 0.2) is 12.7 Å². The van der Waals surface area contributed by atoms with Crippen LogP contribution in [-0.4, -0.2) is 29.4 Å². The van der Waals surface area contributed by atoms with Crippen molar-refractivity contribution in [2.75, 3.05) is 6.61 Å². The van der Waals surface area contributed by atoms with E-state index in [0.29, 0.717) is 6.42 Å². The van der Waals surface area contributed by atoms with E-state index in [1.165, 1.54) is 0 Å². The minimum absolute atomic E-state index is 0.107. The van der Waals surface area contributed by atoms with Crippen LogP contribution in [0.5, 0.6) is 0 Å². The summed E-state index contributed by atoms with van der Waals surface area (Å²) >= 11 is 0. The van der Waals surface area contributed by atoms with E-state index in [-0.39, 0.29) is 18.8 Å². The number of hydrogen-bond donors (Lipinski definition) is 1. The van der Waals surface area contributed by atoms with Crippen LogP contribution in [0.3, 0.4) is 0 Å². The number of aliphatic carboxylic acids is 1. The minimum atomic E-state index is -1.14. The fourth-order valence-electron chi connectivity index (χ4n) is 0.758. The van der Waals surface area contributed by atoms with E-state index in [1.807, 2.05) is 0 Å². The molecule has 0 heterocycles. The van der Waals surface area contributed by atoms with Gasteiger partial charge in [0.25, 0.3) is 0 Å². The fraction of sp³-hybridized carbons (Fsp3) is 0.444. The van der Waals surface area contributed by atoms with Gasteiger partial charge in [-0.2, -0.15) is 0 Å². The highest BCUT2D eigenvalue weighted by Gasteiger charge is 2.07. The van der Waals surface area contributed by atoms with Gasteiger partial charge in [-0.15, -0.1) is 0 Å². The van der Waals surface area contributed by atoms with Gasteiger partial charge in [0.15, 0.2) is 0 Å². The lowest BCUT2D eigenvalue weighted by atomic mass is 10.2. The summed E-state index contributed by atoms with van der Waals surface area (Å²) in [5, 5.41) is 8.25. The molecule has 0 spiro atoms. The number of rotatable bonds is 7. The van der Waals surface area contributed by atoms with Crippen LogP contribution in [0.1, 0.15) is 19.3 Å². The Morgan fingerprint density at radius 1 is 1.36 bits per heavy atom. The summed E-state index contributed by atoms with van der Waals surface area (Å²) in [6.45, 7) is 3.30. The third-order valence-electron chi connectivity index (χ3n) is 1.36. The molecule has 0 saturated carbocycles. The molecule has 0 aromatic heterocycles. The maximum atomic E-state index is 10.8. The molecule has 0 radical (unpaired) electrons. The van der Waals surface area contributed by atoms with Crippen molar-refractivity contribution in [1.29, 1.82) is 0 Å². The number of ether oxygens (including phenoxy) is 1. The van der Waals surface area contributed by atoms with Crippen molar-refractivity contribution >= 4 is 17.7 Å². The standard InChI is InChI=1S/C9H12O5/c1-2-9(13)14-5-3-4-7(10)6-8(11)12/h2H,1,3-6H2,(H,11,12). The second-order valence-electron chi connectivity index (χ2n) is 2.58. The zero-order valence-corrected chi connectivity index (χ0v) is 7.69. The van der Waals surface area contributed by atoms with E-state index in [2.05, 4.69) is 11.3 Å². The van der Waals surface area contributed by atoms with Gasteiger partial charge in [0.05, 0.1) is 6.61 Å². The molecule has 0 fully saturated rings. The molecule has 0 aromatic rings. The minimum Gasteiger partial charge on any atom is -0.481 e. The average Bonchev–Trinajstić information content (AvgIpc) is 2.10. The molecule has 0 aliphatic rings. The quantitative estimate of drug-likeness (QED) is 0.281. The first-order chi connectivity index (χ1) is 6.56. The zero-order valence-electron chi connectivity index (χ0n) is 7.69. The normalized spacial score (nSPS) is 9.14. The Morgan fingerprint density at radius 2 is 2.00 bits per heavy atom. The molecule has 14 heavy (non-hydrogen) atoms. The third-order valence-corrected chi connectivity index (χ3v) is 1.36. The van der Waals surface area contributed by atoms with Crippen molar-refractivity contribution in [1.82, 2.24) is 0 Å². The summed E-state index contributed by atoms with van der Waals surface area (Å²) in [6.07, 6.45) is 0.997. The highest BCUT2D eigenvalue weighted by molar-refractivity contribution is 5.94. The van der Waals surface area contributed by atoms with E-state index < -0.39 is 18.4 Å². The van der Waals surface area contributed by atoms with Gasteiger partial charge in [-0.3, -0.25) is 9.59 Å². The van der Waals surface area contributed by atoms with Crippen LogP contribution < -0.4 is 0 Å². The van der Waals surface area contributed by atoms with Crippen LogP contribution in [0.2, 0.25) is 0 Å². The first kappa shape index (κ1) is 12.3. The molecular weight excluding hydrogens is 188 g/mol. The number of carboxylic acids is 1. The Morgan fingerprint density at radius 3 is 2.50 bits per heavy atom. The third kappa shape index (κ3) is 7.02. The smallest absolute Gasteiger partial charge is 0.330 e. The highest BCUT2D eigenvalue weighted by Crippen LogP contribution is 1.96. The summed E-state index contributed by atoms with van der Waals surface area (Å²) in [5.74, 6) is -2.05. The maximum absolute atomic E-state index is 10.8. The van der Waals surface area contributed by atoms with Crippen molar-refractivity contribution in [3.05, 3.63) is 12.7 Å². The van der Waals surface area contributed by atoms with Gasteiger partial charge in [0, 0.05) is 12.5 Å². The Kier molecular flexibility index (Phi) is 6.02. The first-order valence-electron chi connectivity index (χ1n) is 4.09. The van der Waals surface area contributed by atoms with E-state index >= 15 is 0 Å². The molecular formula is C9H12O5.